The molecule has 0 aromatic rings. The summed E-state index contributed by atoms with van der Waals surface area (Å²) in [5, 5.41) is 3.52. The van der Waals surface area contributed by atoms with Crippen molar-refractivity contribution >= 4 is 0 Å². The van der Waals surface area contributed by atoms with Crippen molar-refractivity contribution in [1.29, 1.82) is 0 Å². The molecule has 0 saturated carbocycles. The number of methoxy groups -OCH3 is 2. The first-order valence-corrected chi connectivity index (χ1v) is 6.01. The van der Waals surface area contributed by atoms with Crippen molar-refractivity contribution in [3.05, 3.63) is 0 Å². The van der Waals surface area contributed by atoms with Crippen molar-refractivity contribution in [3.8, 4) is 0 Å². The molecule has 1 atom stereocenters. The Kier molecular flexibility index (Phi) is 9.92. The van der Waals surface area contributed by atoms with Crippen LogP contribution in [0, 0.1) is 5.92 Å². The highest BCUT2D eigenvalue weighted by Gasteiger charge is 2.11. The summed E-state index contributed by atoms with van der Waals surface area (Å²) in [6, 6.07) is 0.445. The number of nitrogens with zero attached hydrogens (tertiary/aromatic N) is 1. The monoisotopic (exact) mass is 232 g/mol. The van der Waals surface area contributed by atoms with E-state index in [4.69, 9.17) is 9.47 Å². The van der Waals surface area contributed by atoms with Crippen LogP contribution in [0.4, 0.5) is 0 Å². The molecule has 0 saturated heterocycles. The maximum Gasteiger partial charge on any atom is 0.0618 e. The Hall–Kier alpha value is -0.160. The maximum absolute atomic E-state index is 5.19. The van der Waals surface area contributed by atoms with Gasteiger partial charge >= 0.3 is 0 Å². The summed E-state index contributed by atoms with van der Waals surface area (Å²) in [7, 11) is 5.60. The van der Waals surface area contributed by atoms with Crippen molar-refractivity contribution in [3.63, 3.8) is 0 Å². The van der Waals surface area contributed by atoms with E-state index >= 15 is 0 Å². The molecule has 0 amide bonds. The molecule has 0 aromatic heterocycles. The lowest BCUT2D eigenvalue weighted by molar-refractivity contribution is 0.140. The summed E-state index contributed by atoms with van der Waals surface area (Å²) < 4.78 is 10.2. The molecular formula is C12H28N2O2. The third kappa shape index (κ3) is 8.05. The van der Waals surface area contributed by atoms with Gasteiger partial charge in [0.25, 0.3) is 0 Å². The number of likely N-dealkylation sites (N-methyl/N-ethyl adjacent to an activating group) is 1. The summed E-state index contributed by atoms with van der Waals surface area (Å²) >= 11 is 0. The van der Waals surface area contributed by atoms with E-state index in [2.05, 4.69) is 31.1 Å². The van der Waals surface area contributed by atoms with Gasteiger partial charge in [0.1, 0.15) is 0 Å². The van der Waals surface area contributed by atoms with E-state index in [9.17, 15) is 0 Å². The topological polar surface area (TPSA) is 33.7 Å². The second-order valence-electron chi connectivity index (χ2n) is 4.56. The minimum atomic E-state index is 0.445. The van der Waals surface area contributed by atoms with Gasteiger partial charge in [0.15, 0.2) is 0 Å². The predicted molar refractivity (Wildman–Crippen MR) is 67.9 cm³/mol. The number of hydrogen-bond acceptors (Lipinski definition) is 4. The van der Waals surface area contributed by atoms with E-state index in [1.165, 1.54) is 0 Å². The van der Waals surface area contributed by atoms with Gasteiger partial charge in [-0.25, -0.2) is 0 Å². The number of rotatable bonds is 10. The Bertz CT molecular complexity index is 154. The van der Waals surface area contributed by atoms with Crippen LogP contribution in [0.1, 0.15) is 13.8 Å². The van der Waals surface area contributed by atoms with Gasteiger partial charge < -0.3 is 19.7 Å². The first-order valence-electron chi connectivity index (χ1n) is 6.01. The molecule has 0 rings (SSSR count). The van der Waals surface area contributed by atoms with E-state index in [1.54, 1.807) is 14.2 Å². The second-order valence-corrected chi connectivity index (χ2v) is 4.56. The molecule has 0 fully saturated rings. The van der Waals surface area contributed by atoms with E-state index < -0.39 is 0 Å². The lowest BCUT2D eigenvalue weighted by atomic mass is 10.1. The van der Waals surface area contributed by atoms with Crippen LogP contribution in [0.2, 0.25) is 0 Å². The molecule has 0 aromatic carbocycles. The number of nitrogens with one attached hydrogen (secondary N) is 1. The molecular weight excluding hydrogens is 204 g/mol. The standard InChI is InChI=1S/C12H28N2O2/c1-11(2)12(10-16-5)13-6-7-14(3)8-9-15-4/h11-13H,6-10H2,1-5H3. The normalized spacial score (nSPS) is 13.7. The molecule has 0 bridgehead atoms. The zero-order valence-corrected chi connectivity index (χ0v) is 11.5. The average molecular weight is 232 g/mol. The zero-order valence-electron chi connectivity index (χ0n) is 11.5. The largest absolute Gasteiger partial charge is 0.383 e. The second kappa shape index (κ2) is 10.0. The summed E-state index contributed by atoms with van der Waals surface area (Å²) in [6.45, 7) is 9.01. The van der Waals surface area contributed by atoms with Gasteiger partial charge in [-0.1, -0.05) is 13.8 Å². The minimum Gasteiger partial charge on any atom is -0.383 e. The molecule has 4 nitrogen and oxygen atoms in total. The van der Waals surface area contributed by atoms with Crippen LogP contribution in [-0.2, 0) is 9.47 Å². The van der Waals surface area contributed by atoms with Gasteiger partial charge in [-0.15, -0.1) is 0 Å². The lowest BCUT2D eigenvalue weighted by Crippen LogP contribution is -2.41. The molecule has 0 aliphatic carbocycles. The quantitative estimate of drug-likeness (QED) is 0.605. The van der Waals surface area contributed by atoms with Gasteiger partial charge in [-0.2, -0.15) is 0 Å². The van der Waals surface area contributed by atoms with Crippen molar-refractivity contribution in [2.24, 2.45) is 5.92 Å². The van der Waals surface area contributed by atoms with Gasteiger partial charge in [-0.05, 0) is 13.0 Å². The Labute approximate surface area is 100 Å². The van der Waals surface area contributed by atoms with E-state index in [-0.39, 0.29) is 0 Å². The summed E-state index contributed by atoms with van der Waals surface area (Å²) in [5.41, 5.74) is 0. The van der Waals surface area contributed by atoms with Crippen molar-refractivity contribution < 1.29 is 9.47 Å². The fourth-order valence-electron chi connectivity index (χ4n) is 1.47. The maximum atomic E-state index is 5.19. The van der Waals surface area contributed by atoms with E-state index in [0.717, 1.165) is 32.8 Å². The van der Waals surface area contributed by atoms with Crippen molar-refractivity contribution in [1.82, 2.24) is 10.2 Å². The summed E-state index contributed by atoms with van der Waals surface area (Å²) in [4.78, 5) is 2.26. The predicted octanol–water partition coefficient (Wildman–Crippen LogP) is 0.825. The molecule has 0 heterocycles. The minimum absolute atomic E-state index is 0.445. The molecule has 0 aliphatic rings. The lowest BCUT2D eigenvalue weighted by Gasteiger charge is -2.23. The third-order valence-corrected chi connectivity index (χ3v) is 2.73. The van der Waals surface area contributed by atoms with Crippen LogP contribution in [-0.4, -0.2) is 65.1 Å². The number of hydrogen-bond donors (Lipinski definition) is 1. The van der Waals surface area contributed by atoms with Crippen LogP contribution < -0.4 is 5.32 Å². The van der Waals surface area contributed by atoms with Crippen LogP contribution >= 0.6 is 0 Å². The molecule has 1 unspecified atom stereocenters. The Morgan fingerprint density at radius 3 is 2.31 bits per heavy atom. The fraction of sp³-hybridized carbons (Fsp3) is 1.00. The third-order valence-electron chi connectivity index (χ3n) is 2.73. The van der Waals surface area contributed by atoms with Crippen LogP contribution in [0.5, 0.6) is 0 Å². The molecule has 1 N–H and O–H groups in total. The highest BCUT2D eigenvalue weighted by Crippen LogP contribution is 2.01. The Morgan fingerprint density at radius 1 is 1.12 bits per heavy atom. The first-order chi connectivity index (χ1) is 7.61. The van der Waals surface area contributed by atoms with Gasteiger partial charge in [0.2, 0.25) is 0 Å². The summed E-state index contributed by atoms with van der Waals surface area (Å²) in [5.74, 6) is 0.601. The molecule has 0 aliphatic heterocycles. The summed E-state index contributed by atoms with van der Waals surface area (Å²) in [6.07, 6.45) is 0. The zero-order chi connectivity index (χ0) is 12.4. The SMILES string of the molecule is COCCN(C)CCNC(COC)C(C)C. The highest BCUT2D eigenvalue weighted by molar-refractivity contribution is 4.70. The van der Waals surface area contributed by atoms with Crippen LogP contribution in [0.3, 0.4) is 0 Å². The van der Waals surface area contributed by atoms with Crippen molar-refractivity contribution in [2.75, 3.05) is 54.1 Å². The Morgan fingerprint density at radius 2 is 1.81 bits per heavy atom. The van der Waals surface area contributed by atoms with Crippen LogP contribution in [0.25, 0.3) is 0 Å². The highest BCUT2D eigenvalue weighted by atomic mass is 16.5. The average Bonchev–Trinajstić information content (AvgIpc) is 2.25. The van der Waals surface area contributed by atoms with Crippen LogP contribution in [0.15, 0.2) is 0 Å². The molecule has 0 radical (unpaired) electrons. The van der Waals surface area contributed by atoms with Gasteiger partial charge in [0, 0.05) is 39.9 Å². The molecule has 98 valence electrons. The van der Waals surface area contributed by atoms with Gasteiger partial charge in [-0.3, -0.25) is 0 Å². The van der Waals surface area contributed by atoms with Gasteiger partial charge in [0.05, 0.1) is 13.2 Å². The fourth-order valence-corrected chi connectivity index (χ4v) is 1.47. The molecule has 16 heavy (non-hydrogen) atoms. The first kappa shape index (κ1) is 15.8. The molecule has 4 heteroatoms. The Balaban J connectivity index is 3.60. The number of ether oxygens (including phenoxy) is 2. The van der Waals surface area contributed by atoms with E-state index in [1.807, 2.05) is 0 Å². The van der Waals surface area contributed by atoms with Crippen molar-refractivity contribution in [2.45, 2.75) is 19.9 Å². The van der Waals surface area contributed by atoms with E-state index in [0.29, 0.717) is 12.0 Å². The smallest absolute Gasteiger partial charge is 0.0618 e. The molecule has 0 spiro atoms.